The second kappa shape index (κ2) is 3.13. The third-order valence-corrected chi connectivity index (χ3v) is 6.45. The minimum absolute atomic E-state index is 0.0390. The molecule has 2 aliphatic heterocycles. The Kier molecular flexibility index (Phi) is 1.99. The Balaban J connectivity index is 1.90. The molecule has 4 aliphatic rings. The van der Waals surface area contributed by atoms with Crippen LogP contribution in [0.3, 0.4) is 0 Å². The number of hydrogen-bond donors (Lipinski definition) is 1. The van der Waals surface area contributed by atoms with Gasteiger partial charge >= 0.3 is 0 Å². The van der Waals surface area contributed by atoms with Gasteiger partial charge in [0, 0.05) is 23.7 Å². The molecule has 1 saturated carbocycles. The van der Waals surface area contributed by atoms with E-state index in [2.05, 4.69) is 13.8 Å². The SMILES string of the molecule is CC1=CC2O[C@@H]3C[C@@H](O)[C@](C)(C2(C)CC1=O)C31CO1. The first-order valence-electron chi connectivity index (χ1n) is 7.04. The van der Waals surface area contributed by atoms with Crippen molar-refractivity contribution in [1.82, 2.24) is 0 Å². The van der Waals surface area contributed by atoms with Gasteiger partial charge in [-0.1, -0.05) is 13.8 Å². The van der Waals surface area contributed by atoms with Gasteiger partial charge in [0.05, 0.1) is 24.9 Å². The van der Waals surface area contributed by atoms with E-state index in [0.29, 0.717) is 19.4 Å². The van der Waals surface area contributed by atoms with E-state index in [4.69, 9.17) is 9.47 Å². The number of aliphatic hydroxyl groups is 1. The predicted octanol–water partition coefficient (Wildman–Crippen LogP) is 1.22. The Morgan fingerprint density at radius 1 is 1.42 bits per heavy atom. The molecule has 2 heterocycles. The number of epoxide rings is 1. The molecule has 0 aromatic rings. The van der Waals surface area contributed by atoms with Crippen molar-refractivity contribution >= 4 is 5.78 Å². The molecular weight excluding hydrogens is 244 g/mol. The molecule has 19 heavy (non-hydrogen) atoms. The van der Waals surface area contributed by atoms with Crippen LogP contribution in [0.1, 0.15) is 33.6 Å². The van der Waals surface area contributed by atoms with Gasteiger partial charge in [0.2, 0.25) is 0 Å². The van der Waals surface area contributed by atoms with Gasteiger partial charge in [0.25, 0.3) is 0 Å². The van der Waals surface area contributed by atoms with Crippen molar-refractivity contribution in [2.75, 3.05) is 6.61 Å². The highest BCUT2D eigenvalue weighted by atomic mass is 16.6. The lowest BCUT2D eigenvalue weighted by atomic mass is 9.52. The first-order chi connectivity index (χ1) is 8.85. The van der Waals surface area contributed by atoms with Gasteiger partial charge in [0.1, 0.15) is 5.60 Å². The van der Waals surface area contributed by atoms with E-state index in [1.807, 2.05) is 13.0 Å². The normalized spacial score (nSPS) is 59.1. The molecule has 2 saturated heterocycles. The fraction of sp³-hybridized carbons (Fsp3) is 0.800. The number of ketones is 1. The Hall–Kier alpha value is -0.710. The molecule has 1 spiro atoms. The van der Waals surface area contributed by atoms with Crippen LogP contribution in [0.5, 0.6) is 0 Å². The molecule has 104 valence electrons. The van der Waals surface area contributed by atoms with Crippen LogP contribution in [-0.2, 0) is 14.3 Å². The number of carbonyl (C=O) groups is 1. The highest BCUT2D eigenvalue weighted by molar-refractivity contribution is 5.96. The molecule has 2 bridgehead atoms. The first-order valence-corrected chi connectivity index (χ1v) is 7.04. The number of aliphatic hydroxyl groups excluding tert-OH is 1. The van der Waals surface area contributed by atoms with E-state index in [0.717, 1.165) is 5.57 Å². The molecule has 4 heteroatoms. The minimum atomic E-state index is -0.463. The zero-order valence-corrected chi connectivity index (χ0v) is 11.6. The molecule has 0 amide bonds. The second-order valence-electron chi connectivity index (χ2n) is 7.04. The smallest absolute Gasteiger partial charge is 0.159 e. The van der Waals surface area contributed by atoms with E-state index in [-0.39, 0.29) is 29.0 Å². The lowest BCUT2D eigenvalue weighted by molar-refractivity contribution is -0.204. The lowest BCUT2D eigenvalue weighted by Crippen LogP contribution is -2.64. The minimum Gasteiger partial charge on any atom is -0.392 e. The Morgan fingerprint density at radius 2 is 2.11 bits per heavy atom. The van der Waals surface area contributed by atoms with Crippen molar-refractivity contribution in [1.29, 1.82) is 0 Å². The number of allylic oxidation sites excluding steroid dienone is 1. The van der Waals surface area contributed by atoms with E-state index in [1.54, 1.807) is 0 Å². The molecule has 6 atom stereocenters. The van der Waals surface area contributed by atoms with Gasteiger partial charge in [-0.3, -0.25) is 4.79 Å². The molecule has 3 fully saturated rings. The number of fused-ring (bicyclic) bond motifs is 2. The monoisotopic (exact) mass is 264 g/mol. The highest BCUT2D eigenvalue weighted by Gasteiger charge is 2.80. The molecule has 1 N–H and O–H groups in total. The largest absolute Gasteiger partial charge is 0.392 e. The van der Waals surface area contributed by atoms with E-state index < -0.39 is 11.5 Å². The Bertz CT molecular complexity index is 506. The standard InChI is InChI=1S/C15H20O4/c1-8-4-11-13(2,6-9(8)16)14(3)10(17)5-12(19-11)15(14)7-18-15/h4,10-12,17H,5-7H2,1-3H3/t10-,11?,12-,13?,14-,15?/m1/s1. The van der Waals surface area contributed by atoms with Crippen LogP contribution in [0.15, 0.2) is 11.6 Å². The number of rotatable bonds is 0. The maximum Gasteiger partial charge on any atom is 0.159 e. The third kappa shape index (κ3) is 1.08. The molecular formula is C15H20O4. The quantitative estimate of drug-likeness (QED) is 0.668. The number of Topliss-reactive ketones (excluding diaryl/α,β-unsaturated/α-hetero) is 1. The average Bonchev–Trinajstić information content (AvgIpc) is 3.10. The van der Waals surface area contributed by atoms with Crippen LogP contribution in [0, 0.1) is 10.8 Å². The maximum atomic E-state index is 12.2. The van der Waals surface area contributed by atoms with Crippen LogP contribution in [0.4, 0.5) is 0 Å². The summed E-state index contributed by atoms with van der Waals surface area (Å²) in [4.78, 5) is 12.2. The van der Waals surface area contributed by atoms with Crippen molar-refractivity contribution in [2.45, 2.75) is 57.5 Å². The van der Waals surface area contributed by atoms with Gasteiger partial charge in [-0.05, 0) is 18.6 Å². The zero-order chi connectivity index (χ0) is 13.6. The molecule has 3 unspecified atom stereocenters. The molecule has 0 aromatic heterocycles. The number of hydrogen-bond acceptors (Lipinski definition) is 4. The predicted molar refractivity (Wildman–Crippen MR) is 67.6 cm³/mol. The summed E-state index contributed by atoms with van der Waals surface area (Å²) in [5.41, 5.74) is -0.364. The number of ether oxygens (including phenoxy) is 2. The summed E-state index contributed by atoms with van der Waals surface area (Å²) in [7, 11) is 0. The summed E-state index contributed by atoms with van der Waals surface area (Å²) in [6.07, 6.45) is 2.41. The lowest BCUT2D eigenvalue weighted by Gasteiger charge is -2.56. The van der Waals surface area contributed by atoms with Crippen molar-refractivity contribution in [3.05, 3.63) is 11.6 Å². The van der Waals surface area contributed by atoms with E-state index in [9.17, 15) is 9.90 Å². The summed E-state index contributed by atoms with van der Waals surface area (Å²) in [6.45, 7) is 6.66. The second-order valence-corrected chi connectivity index (χ2v) is 7.04. The van der Waals surface area contributed by atoms with E-state index >= 15 is 0 Å². The summed E-state index contributed by atoms with van der Waals surface area (Å²) in [5, 5.41) is 10.6. The zero-order valence-electron chi connectivity index (χ0n) is 11.6. The first kappa shape index (κ1) is 12.1. The third-order valence-electron chi connectivity index (χ3n) is 6.45. The number of carbonyl (C=O) groups excluding carboxylic acids is 1. The van der Waals surface area contributed by atoms with Crippen LogP contribution < -0.4 is 0 Å². The summed E-state index contributed by atoms with van der Waals surface area (Å²) in [6, 6.07) is 0. The molecule has 0 radical (unpaired) electrons. The van der Waals surface area contributed by atoms with Gasteiger partial charge in [-0.2, -0.15) is 0 Å². The average molecular weight is 264 g/mol. The summed E-state index contributed by atoms with van der Waals surface area (Å²) in [5.74, 6) is 0.164. The van der Waals surface area contributed by atoms with Crippen LogP contribution >= 0.6 is 0 Å². The van der Waals surface area contributed by atoms with Gasteiger partial charge in [0.15, 0.2) is 5.78 Å². The molecule has 0 aromatic carbocycles. The van der Waals surface area contributed by atoms with Gasteiger partial charge in [-0.15, -0.1) is 0 Å². The Morgan fingerprint density at radius 3 is 2.74 bits per heavy atom. The van der Waals surface area contributed by atoms with Crippen LogP contribution in [0.2, 0.25) is 0 Å². The summed E-state index contributed by atoms with van der Waals surface area (Å²) >= 11 is 0. The van der Waals surface area contributed by atoms with Crippen molar-refractivity contribution in [3.8, 4) is 0 Å². The highest BCUT2D eigenvalue weighted by Crippen LogP contribution is 2.70. The molecule has 4 nitrogen and oxygen atoms in total. The van der Waals surface area contributed by atoms with Crippen molar-refractivity contribution in [2.24, 2.45) is 10.8 Å². The fourth-order valence-corrected chi connectivity index (χ4v) is 4.76. The van der Waals surface area contributed by atoms with E-state index in [1.165, 1.54) is 0 Å². The van der Waals surface area contributed by atoms with Crippen LogP contribution in [-0.4, -0.2) is 41.4 Å². The fourth-order valence-electron chi connectivity index (χ4n) is 4.76. The van der Waals surface area contributed by atoms with Gasteiger partial charge < -0.3 is 14.6 Å². The van der Waals surface area contributed by atoms with Crippen molar-refractivity contribution in [3.63, 3.8) is 0 Å². The Labute approximate surface area is 112 Å². The summed E-state index contributed by atoms with van der Waals surface area (Å²) < 4.78 is 12.0. The van der Waals surface area contributed by atoms with Crippen LogP contribution in [0.25, 0.3) is 0 Å². The molecule has 2 aliphatic carbocycles. The topological polar surface area (TPSA) is 59.1 Å². The van der Waals surface area contributed by atoms with Crippen molar-refractivity contribution < 1.29 is 19.4 Å². The van der Waals surface area contributed by atoms with Gasteiger partial charge in [-0.25, -0.2) is 0 Å². The molecule has 4 rings (SSSR count). The maximum absolute atomic E-state index is 12.2.